The minimum absolute atomic E-state index is 0.902. The van der Waals surface area contributed by atoms with E-state index in [1.807, 2.05) is 0 Å². The van der Waals surface area contributed by atoms with E-state index in [1.54, 1.807) is 0 Å². The molecular weight excluding hydrogens is 558 g/mol. The van der Waals surface area contributed by atoms with Crippen molar-refractivity contribution in [3.63, 3.8) is 0 Å². The van der Waals surface area contributed by atoms with Crippen molar-refractivity contribution in [3.05, 3.63) is 164 Å². The number of aromatic nitrogens is 1. The molecule has 0 radical (unpaired) electrons. The van der Waals surface area contributed by atoms with Crippen LogP contribution in [0.1, 0.15) is 0 Å². The van der Waals surface area contributed by atoms with Gasteiger partial charge in [0, 0.05) is 38.4 Å². The third-order valence-electron chi connectivity index (χ3n) is 9.57. The zero-order chi connectivity index (χ0) is 30.2. The van der Waals surface area contributed by atoms with E-state index in [1.165, 1.54) is 71.2 Å². The lowest BCUT2D eigenvalue weighted by atomic mass is 9.92. The second-order valence-corrected chi connectivity index (χ2v) is 12.1. The Morgan fingerprint density at radius 2 is 1.04 bits per heavy atom. The number of ether oxygens (including phenoxy) is 1. The molecule has 0 unspecified atom stereocenters. The number of hydrogen-bond acceptors (Lipinski definition) is 1. The lowest BCUT2D eigenvalue weighted by Crippen LogP contribution is -1.97. The molecule has 0 fully saturated rings. The molecule has 0 aliphatic carbocycles. The van der Waals surface area contributed by atoms with Gasteiger partial charge in [0.1, 0.15) is 11.5 Å². The van der Waals surface area contributed by atoms with E-state index in [-0.39, 0.29) is 0 Å². The molecule has 0 N–H and O–H groups in total. The number of rotatable bonds is 3. The first kappa shape index (κ1) is 25.2. The van der Waals surface area contributed by atoms with Crippen LogP contribution in [0.2, 0.25) is 0 Å². The molecule has 10 rings (SSSR count). The van der Waals surface area contributed by atoms with Gasteiger partial charge < -0.3 is 9.30 Å². The molecule has 8 aromatic carbocycles. The van der Waals surface area contributed by atoms with Gasteiger partial charge in [-0.15, -0.1) is 0 Å². The van der Waals surface area contributed by atoms with Crippen LogP contribution >= 0.6 is 0 Å². The molecule has 0 bridgehead atoms. The zero-order valence-corrected chi connectivity index (χ0v) is 24.9. The molecule has 1 aromatic heterocycles. The first-order valence-corrected chi connectivity index (χ1v) is 15.8. The van der Waals surface area contributed by atoms with Crippen LogP contribution in [0.15, 0.2) is 164 Å². The smallest absolute Gasteiger partial charge is 0.135 e. The minimum Gasteiger partial charge on any atom is -0.456 e. The maximum absolute atomic E-state index is 6.36. The number of fused-ring (bicyclic) bond motifs is 7. The van der Waals surface area contributed by atoms with Crippen molar-refractivity contribution in [2.24, 2.45) is 0 Å². The van der Waals surface area contributed by atoms with E-state index in [0.29, 0.717) is 0 Å². The molecule has 0 saturated heterocycles. The van der Waals surface area contributed by atoms with Gasteiger partial charge in [0.25, 0.3) is 0 Å². The summed E-state index contributed by atoms with van der Waals surface area (Å²) in [7, 11) is 0. The first-order valence-electron chi connectivity index (χ1n) is 15.8. The van der Waals surface area contributed by atoms with Gasteiger partial charge in [0.15, 0.2) is 0 Å². The molecule has 2 heterocycles. The number of benzene rings is 8. The van der Waals surface area contributed by atoms with Crippen molar-refractivity contribution in [1.29, 1.82) is 0 Å². The highest BCUT2D eigenvalue weighted by atomic mass is 16.5. The van der Waals surface area contributed by atoms with Gasteiger partial charge in [0.2, 0.25) is 0 Å². The summed E-state index contributed by atoms with van der Waals surface area (Å²) in [4.78, 5) is 0. The van der Waals surface area contributed by atoms with Gasteiger partial charge in [-0.2, -0.15) is 0 Å². The maximum Gasteiger partial charge on any atom is 0.135 e. The molecule has 0 amide bonds. The second-order valence-electron chi connectivity index (χ2n) is 12.1. The van der Waals surface area contributed by atoms with Crippen LogP contribution in [0, 0.1) is 0 Å². The van der Waals surface area contributed by atoms with Crippen molar-refractivity contribution in [2.75, 3.05) is 0 Å². The normalized spacial score (nSPS) is 12.1. The Kier molecular flexibility index (Phi) is 5.31. The SMILES string of the molecule is c1ccc(-n2c3c(-c4ccc(-c5ccc6c(c5)-c5cccc7cccc(c57)O6)cc4)cccc3c3ccc4ccccc4c32)cc1. The molecule has 0 saturated carbocycles. The van der Waals surface area contributed by atoms with Gasteiger partial charge in [-0.1, -0.05) is 133 Å². The third kappa shape index (κ3) is 3.65. The highest BCUT2D eigenvalue weighted by molar-refractivity contribution is 6.21. The van der Waals surface area contributed by atoms with Gasteiger partial charge >= 0.3 is 0 Å². The Morgan fingerprint density at radius 3 is 1.93 bits per heavy atom. The van der Waals surface area contributed by atoms with Crippen molar-refractivity contribution >= 4 is 43.4 Å². The first-order chi connectivity index (χ1) is 22.8. The molecule has 46 heavy (non-hydrogen) atoms. The molecule has 0 spiro atoms. The quantitative estimate of drug-likeness (QED) is 0.201. The lowest BCUT2D eigenvalue weighted by molar-refractivity contribution is 0.487. The maximum atomic E-state index is 6.36. The predicted molar refractivity (Wildman–Crippen MR) is 192 cm³/mol. The Balaban J connectivity index is 1.14. The summed E-state index contributed by atoms with van der Waals surface area (Å²) in [5, 5.41) is 7.41. The average molecular weight is 586 g/mol. The van der Waals surface area contributed by atoms with Crippen LogP contribution < -0.4 is 4.74 Å². The van der Waals surface area contributed by atoms with E-state index in [9.17, 15) is 0 Å². The third-order valence-corrected chi connectivity index (χ3v) is 9.57. The molecule has 214 valence electrons. The molecule has 1 aliphatic rings. The predicted octanol–water partition coefficient (Wildman–Crippen LogP) is 12.2. The second kappa shape index (κ2) is 9.69. The van der Waals surface area contributed by atoms with E-state index in [2.05, 4.69) is 168 Å². The van der Waals surface area contributed by atoms with Crippen molar-refractivity contribution in [2.45, 2.75) is 0 Å². The summed E-state index contributed by atoms with van der Waals surface area (Å²) in [6.45, 7) is 0. The highest BCUT2D eigenvalue weighted by Crippen LogP contribution is 2.48. The van der Waals surface area contributed by atoms with E-state index < -0.39 is 0 Å². The lowest BCUT2D eigenvalue weighted by Gasteiger charge is -2.22. The van der Waals surface area contributed by atoms with E-state index in [0.717, 1.165) is 22.7 Å². The molecule has 2 heteroatoms. The summed E-state index contributed by atoms with van der Waals surface area (Å²) >= 11 is 0. The fraction of sp³-hybridized carbons (Fsp3) is 0. The van der Waals surface area contributed by atoms with Crippen LogP contribution in [-0.2, 0) is 0 Å². The van der Waals surface area contributed by atoms with Gasteiger partial charge in [-0.05, 0) is 63.4 Å². The molecule has 9 aromatic rings. The molecule has 2 nitrogen and oxygen atoms in total. The van der Waals surface area contributed by atoms with E-state index >= 15 is 0 Å². The Labute approximate surface area is 266 Å². The van der Waals surface area contributed by atoms with Gasteiger partial charge in [-0.3, -0.25) is 0 Å². The zero-order valence-electron chi connectivity index (χ0n) is 24.9. The van der Waals surface area contributed by atoms with Crippen LogP contribution in [-0.4, -0.2) is 4.57 Å². The summed E-state index contributed by atoms with van der Waals surface area (Å²) in [5.41, 5.74) is 10.8. The Bertz CT molecular complexity index is 2640. The minimum atomic E-state index is 0.902. The summed E-state index contributed by atoms with van der Waals surface area (Å²) in [5.74, 6) is 1.83. The monoisotopic (exact) mass is 585 g/mol. The summed E-state index contributed by atoms with van der Waals surface area (Å²) in [6, 6.07) is 59.0. The van der Waals surface area contributed by atoms with Crippen molar-refractivity contribution in [3.8, 4) is 50.6 Å². The number of hydrogen-bond donors (Lipinski definition) is 0. The highest BCUT2D eigenvalue weighted by Gasteiger charge is 2.21. The summed E-state index contributed by atoms with van der Waals surface area (Å²) < 4.78 is 8.81. The number of para-hydroxylation sites is 2. The van der Waals surface area contributed by atoms with Crippen molar-refractivity contribution < 1.29 is 4.74 Å². The topological polar surface area (TPSA) is 14.2 Å². The molecular formula is C44H27NO. The number of nitrogens with zero attached hydrogens (tertiary/aromatic N) is 1. The van der Waals surface area contributed by atoms with Gasteiger partial charge in [0.05, 0.1) is 11.0 Å². The average Bonchev–Trinajstić information content (AvgIpc) is 3.47. The Morgan fingerprint density at radius 1 is 0.370 bits per heavy atom. The fourth-order valence-electron chi connectivity index (χ4n) is 7.48. The Hall–Kier alpha value is -6.12. The standard InChI is InChI=1S/C44H27NO/c1-2-12-33(13-3-1)45-43-35(15-8-17-37(43)38-25-23-29-9-4-5-14-34(29)44(38)45)30-21-19-28(20-22-30)32-24-26-40-39(27-32)36-16-6-10-31-11-7-18-41(46-40)42(31)36/h1-27H. The van der Waals surface area contributed by atoms with Crippen LogP contribution in [0.4, 0.5) is 0 Å². The molecule has 1 aliphatic heterocycles. The van der Waals surface area contributed by atoms with E-state index in [4.69, 9.17) is 4.74 Å². The largest absolute Gasteiger partial charge is 0.456 e. The molecule has 0 atom stereocenters. The summed E-state index contributed by atoms with van der Waals surface area (Å²) in [6.07, 6.45) is 0. The van der Waals surface area contributed by atoms with Crippen LogP contribution in [0.5, 0.6) is 11.5 Å². The van der Waals surface area contributed by atoms with Gasteiger partial charge in [-0.25, -0.2) is 0 Å². The fourth-order valence-corrected chi connectivity index (χ4v) is 7.48. The van der Waals surface area contributed by atoms with Crippen LogP contribution in [0.3, 0.4) is 0 Å². The van der Waals surface area contributed by atoms with Crippen molar-refractivity contribution in [1.82, 2.24) is 4.57 Å². The van der Waals surface area contributed by atoms with Crippen LogP contribution in [0.25, 0.3) is 82.4 Å².